The second-order valence-electron chi connectivity index (χ2n) is 2.65. The van der Waals surface area contributed by atoms with E-state index < -0.39 is 0 Å². The van der Waals surface area contributed by atoms with Crippen LogP contribution in [0.2, 0.25) is 0 Å². The molecule has 0 atom stereocenters. The molecule has 0 saturated carbocycles. The maximum Gasteiger partial charge on any atom is 0.273 e. The van der Waals surface area contributed by atoms with Gasteiger partial charge >= 0.3 is 0 Å². The van der Waals surface area contributed by atoms with E-state index in [-0.39, 0.29) is 10.6 Å². The molecule has 64 valence electrons. The summed E-state index contributed by atoms with van der Waals surface area (Å²) in [4.78, 5) is 10.1. The van der Waals surface area contributed by atoms with Gasteiger partial charge in [-0.1, -0.05) is 15.9 Å². The van der Waals surface area contributed by atoms with Crippen LogP contribution in [-0.4, -0.2) is 4.92 Å². The number of hydrogen-bond donors (Lipinski definition) is 0. The Morgan fingerprint density at radius 2 is 2.00 bits per heavy atom. The highest BCUT2D eigenvalue weighted by Gasteiger charge is 2.12. The van der Waals surface area contributed by atoms with Crippen LogP contribution in [0.5, 0.6) is 0 Å². The minimum atomic E-state index is -0.368. The Morgan fingerprint density at radius 1 is 1.42 bits per heavy atom. The normalized spacial score (nSPS) is 9.92. The van der Waals surface area contributed by atoms with Gasteiger partial charge in [0.2, 0.25) is 0 Å². The van der Waals surface area contributed by atoms with Crippen LogP contribution in [0.1, 0.15) is 11.1 Å². The third-order valence-corrected chi connectivity index (χ3v) is 2.48. The summed E-state index contributed by atoms with van der Waals surface area (Å²) in [7, 11) is 0. The molecule has 0 bridgehead atoms. The van der Waals surface area contributed by atoms with Crippen molar-refractivity contribution in [3.63, 3.8) is 0 Å². The quantitative estimate of drug-likeness (QED) is 0.549. The van der Waals surface area contributed by atoms with Crippen molar-refractivity contribution in [2.45, 2.75) is 13.8 Å². The topological polar surface area (TPSA) is 43.1 Å². The molecule has 0 aliphatic carbocycles. The molecule has 0 radical (unpaired) electrons. The van der Waals surface area contributed by atoms with Gasteiger partial charge in [-0.25, -0.2) is 0 Å². The number of nitro groups is 1. The number of aryl methyl sites for hydroxylation is 1. The van der Waals surface area contributed by atoms with Gasteiger partial charge in [-0.3, -0.25) is 10.1 Å². The first-order valence-electron chi connectivity index (χ1n) is 3.43. The maximum absolute atomic E-state index is 10.5. The molecular formula is C8H8BrNO2. The second-order valence-corrected chi connectivity index (χ2v) is 3.50. The lowest BCUT2D eigenvalue weighted by molar-refractivity contribution is -0.385. The van der Waals surface area contributed by atoms with Gasteiger partial charge in [-0.2, -0.15) is 0 Å². The molecule has 3 nitrogen and oxygen atoms in total. The molecule has 0 aromatic heterocycles. The van der Waals surface area contributed by atoms with Crippen LogP contribution in [0, 0.1) is 24.0 Å². The van der Waals surface area contributed by atoms with Crippen LogP contribution in [0.25, 0.3) is 0 Å². The number of halogens is 1. The zero-order valence-corrected chi connectivity index (χ0v) is 8.38. The number of hydrogen-bond acceptors (Lipinski definition) is 2. The van der Waals surface area contributed by atoms with E-state index in [1.165, 1.54) is 0 Å². The summed E-state index contributed by atoms with van der Waals surface area (Å²) < 4.78 is 0.786. The lowest BCUT2D eigenvalue weighted by atomic mass is 10.1. The number of nitro benzene ring substituents is 1. The summed E-state index contributed by atoms with van der Waals surface area (Å²) in [6, 6.07) is 3.43. The van der Waals surface area contributed by atoms with Gasteiger partial charge in [0.1, 0.15) is 0 Å². The van der Waals surface area contributed by atoms with Crippen LogP contribution in [0.4, 0.5) is 5.69 Å². The Labute approximate surface area is 78.7 Å². The van der Waals surface area contributed by atoms with Crippen molar-refractivity contribution in [2.75, 3.05) is 0 Å². The van der Waals surface area contributed by atoms with Crippen molar-refractivity contribution >= 4 is 21.6 Å². The predicted molar refractivity (Wildman–Crippen MR) is 50.3 cm³/mol. The Morgan fingerprint density at radius 3 is 2.50 bits per heavy atom. The van der Waals surface area contributed by atoms with E-state index in [0.717, 1.165) is 10.0 Å². The molecule has 0 heterocycles. The zero-order chi connectivity index (χ0) is 9.30. The van der Waals surface area contributed by atoms with Gasteiger partial charge in [-0.05, 0) is 25.5 Å². The van der Waals surface area contributed by atoms with Crippen LogP contribution in [0.3, 0.4) is 0 Å². The fourth-order valence-corrected chi connectivity index (χ4v) is 1.55. The summed E-state index contributed by atoms with van der Waals surface area (Å²) in [5, 5.41) is 10.5. The van der Waals surface area contributed by atoms with E-state index in [9.17, 15) is 10.1 Å². The first kappa shape index (κ1) is 9.19. The number of rotatable bonds is 1. The monoisotopic (exact) mass is 229 g/mol. The highest BCUT2D eigenvalue weighted by Crippen LogP contribution is 2.27. The first-order valence-corrected chi connectivity index (χ1v) is 4.23. The van der Waals surface area contributed by atoms with Crippen LogP contribution in [0.15, 0.2) is 16.6 Å². The lowest BCUT2D eigenvalue weighted by Crippen LogP contribution is -1.93. The van der Waals surface area contributed by atoms with Crippen LogP contribution < -0.4 is 0 Å². The number of benzene rings is 1. The summed E-state index contributed by atoms with van der Waals surface area (Å²) in [6.07, 6.45) is 0. The molecule has 0 unspecified atom stereocenters. The van der Waals surface area contributed by atoms with Gasteiger partial charge in [0.15, 0.2) is 0 Å². The van der Waals surface area contributed by atoms with Gasteiger partial charge in [0.25, 0.3) is 5.69 Å². The molecule has 0 N–H and O–H groups in total. The lowest BCUT2D eigenvalue weighted by Gasteiger charge is -2.00. The average Bonchev–Trinajstić information content (AvgIpc) is 1.96. The summed E-state index contributed by atoms with van der Waals surface area (Å²) in [5.74, 6) is 0. The third kappa shape index (κ3) is 1.64. The summed E-state index contributed by atoms with van der Waals surface area (Å²) in [5.41, 5.74) is 1.73. The largest absolute Gasteiger partial charge is 0.273 e. The van der Waals surface area contributed by atoms with Crippen LogP contribution >= 0.6 is 15.9 Å². The molecule has 0 spiro atoms. The summed E-state index contributed by atoms with van der Waals surface area (Å²) >= 11 is 3.26. The Bertz CT molecular complexity index is 336. The van der Waals surface area contributed by atoms with E-state index in [2.05, 4.69) is 15.9 Å². The molecule has 0 fully saturated rings. The molecule has 0 amide bonds. The maximum atomic E-state index is 10.5. The third-order valence-electron chi connectivity index (χ3n) is 1.66. The highest BCUT2D eigenvalue weighted by molar-refractivity contribution is 9.10. The van der Waals surface area contributed by atoms with Crippen molar-refractivity contribution in [1.29, 1.82) is 0 Å². The molecule has 1 aromatic rings. The fourth-order valence-electron chi connectivity index (χ4n) is 0.986. The van der Waals surface area contributed by atoms with E-state index in [1.807, 2.05) is 13.0 Å². The molecule has 1 rings (SSSR count). The van der Waals surface area contributed by atoms with Crippen molar-refractivity contribution in [2.24, 2.45) is 0 Å². The highest BCUT2D eigenvalue weighted by atomic mass is 79.9. The van der Waals surface area contributed by atoms with Crippen LogP contribution in [-0.2, 0) is 0 Å². The molecule has 0 saturated heterocycles. The van der Waals surface area contributed by atoms with Crippen molar-refractivity contribution in [1.82, 2.24) is 0 Å². The SMILES string of the molecule is Cc1cc(Br)c(C)c([N+](=O)[O-])c1. The Hall–Kier alpha value is -0.900. The second kappa shape index (κ2) is 3.23. The van der Waals surface area contributed by atoms with E-state index in [4.69, 9.17) is 0 Å². The van der Waals surface area contributed by atoms with Crippen molar-refractivity contribution in [3.8, 4) is 0 Å². The minimum absolute atomic E-state index is 0.168. The summed E-state index contributed by atoms with van der Waals surface area (Å²) in [6.45, 7) is 3.55. The van der Waals surface area contributed by atoms with Crippen molar-refractivity contribution in [3.05, 3.63) is 37.8 Å². The number of nitrogens with zero attached hydrogens (tertiary/aromatic N) is 1. The molecule has 12 heavy (non-hydrogen) atoms. The molecule has 1 aromatic carbocycles. The molecule has 4 heteroatoms. The molecule has 0 aliphatic heterocycles. The average molecular weight is 230 g/mol. The Balaban J connectivity index is 3.37. The Kier molecular flexibility index (Phi) is 2.47. The van der Waals surface area contributed by atoms with E-state index in [0.29, 0.717) is 5.56 Å². The van der Waals surface area contributed by atoms with E-state index >= 15 is 0 Å². The van der Waals surface area contributed by atoms with Crippen molar-refractivity contribution < 1.29 is 4.92 Å². The zero-order valence-electron chi connectivity index (χ0n) is 6.80. The first-order chi connectivity index (χ1) is 5.52. The van der Waals surface area contributed by atoms with Gasteiger partial charge in [0, 0.05) is 16.1 Å². The predicted octanol–water partition coefficient (Wildman–Crippen LogP) is 2.97. The van der Waals surface area contributed by atoms with Gasteiger partial charge in [0.05, 0.1) is 4.92 Å². The van der Waals surface area contributed by atoms with Gasteiger partial charge < -0.3 is 0 Å². The molecule has 0 aliphatic rings. The minimum Gasteiger partial charge on any atom is -0.258 e. The smallest absolute Gasteiger partial charge is 0.258 e. The molecular weight excluding hydrogens is 222 g/mol. The van der Waals surface area contributed by atoms with E-state index in [1.54, 1.807) is 13.0 Å². The van der Waals surface area contributed by atoms with Gasteiger partial charge in [-0.15, -0.1) is 0 Å². The standard InChI is InChI=1S/C8H8BrNO2/c1-5-3-7(9)6(2)8(4-5)10(11)12/h3-4H,1-2H3. The fraction of sp³-hybridized carbons (Fsp3) is 0.250.